The smallest absolute Gasteiger partial charge is 0.404 e. The zero-order chi connectivity index (χ0) is 22.3. The molecular weight excluding hydrogens is 405 g/mol. The van der Waals surface area contributed by atoms with Gasteiger partial charge in [0.25, 0.3) is 5.91 Å². The number of aryl methyl sites for hydroxylation is 1. The minimum atomic E-state index is -1.17. The largest absolute Gasteiger partial charge is 0.465 e. The van der Waals surface area contributed by atoms with Gasteiger partial charge in [-0.05, 0) is 32.0 Å². The number of H-pyrrole nitrogens is 1. The van der Waals surface area contributed by atoms with E-state index in [2.05, 4.69) is 30.7 Å². The number of carbonyl (C=O) groups excluding carboxylic acids is 1. The van der Waals surface area contributed by atoms with Gasteiger partial charge in [-0.3, -0.25) is 9.48 Å². The fourth-order valence-corrected chi connectivity index (χ4v) is 3.31. The molecular formula is C20H20FN7O3. The van der Waals surface area contributed by atoms with Crippen LogP contribution >= 0.6 is 0 Å². The number of nitrogens with one attached hydrogen (secondary N) is 3. The Morgan fingerprint density at radius 2 is 2.10 bits per heavy atom. The Bertz CT molecular complexity index is 1330. The van der Waals surface area contributed by atoms with Crippen molar-refractivity contribution in [2.24, 2.45) is 7.05 Å². The topological polar surface area (TPSA) is 138 Å². The van der Waals surface area contributed by atoms with Crippen LogP contribution in [0, 0.1) is 5.82 Å². The number of nitrogens with zero attached hydrogens (tertiary/aromatic N) is 4. The van der Waals surface area contributed by atoms with E-state index >= 15 is 0 Å². The van der Waals surface area contributed by atoms with Crippen molar-refractivity contribution in [1.82, 2.24) is 35.4 Å². The summed E-state index contributed by atoms with van der Waals surface area (Å²) in [4.78, 5) is 35.4. The molecule has 0 atom stereocenters. The van der Waals surface area contributed by atoms with E-state index in [1.807, 2.05) is 0 Å². The van der Waals surface area contributed by atoms with Crippen LogP contribution in [-0.2, 0) is 7.05 Å². The fraction of sp³-hybridized carbons (Fsp3) is 0.250. The second-order valence-electron chi connectivity index (χ2n) is 7.79. The Morgan fingerprint density at radius 3 is 2.84 bits per heavy atom. The van der Waals surface area contributed by atoms with Gasteiger partial charge >= 0.3 is 6.09 Å². The Morgan fingerprint density at radius 1 is 1.32 bits per heavy atom. The average molecular weight is 425 g/mol. The standard InChI is InChI=1S/C20H20FN7O3/c1-20(2,9-24-19(30)31)26-18(29)12-7-22-17-16(12)25-13(8-23-17)15-11-5-4-10(21)6-14(11)28(3)27-15/h4-8,24H,9H2,1-3H3,(H,22,23)(H,26,29)(H,30,31). The van der Waals surface area contributed by atoms with Gasteiger partial charge in [-0.25, -0.2) is 19.2 Å². The minimum absolute atomic E-state index is 0.0316. The number of amides is 2. The lowest BCUT2D eigenvalue weighted by Crippen LogP contribution is -2.51. The number of aromatic amines is 1. The van der Waals surface area contributed by atoms with Crippen molar-refractivity contribution in [2.75, 3.05) is 6.54 Å². The monoisotopic (exact) mass is 425 g/mol. The molecule has 160 valence electrons. The second-order valence-corrected chi connectivity index (χ2v) is 7.79. The Labute approximate surface area is 175 Å². The first-order valence-electron chi connectivity index (χ1n) is 9.41. The van der Waals surface area contributed by atoms with E-state index in [1.54, 1.807) is 31.6 Å². The van der Waals surface area contributed by atoms with E-state index < -0.39 is 17.5 Å². The number of halogens is 1. The van der Waals surface area contributed by atoms with Crippen molar-refractivity contribution in [1.29, 1.82) is 0 Å². The Hall–Kier alpha value is -4.02. The fourth-order valence-electron chi connectivity index (χ4n) is 3.31. The molecule has 10 nitrogen and oxygen atoms in total. The summed E-state index contributed by atoms with van der Waals surface area (Å²) in [6, 6.07) is 4.36. The van der Waals surface area contributed by atoms with Crippen LogP contribution in [-0.4, -0.2) is 53.9 Å². The zero-order valence-electron chi connectivity index (χ0n) is 17.0. The maximum atomic E-state index is 13.6. The Balaban J connectivity index is 1.70. The maximum absolute atomic E-state index is 13.6. The molecule has 0 saturated carbocycles. The Kier molecular flexibility index (Phi) is 4.80. The number of hydrogen-bond acceptors (Lipinski definition) is 5. The molecule has 0 bridgehead atoms. The van der Waals surface area contributed by atoms with Crippen LogP contribution in [0.5, 0.6) is 0 Å². The predicted molar refractivity (Wildman–Crippen MR) is 111 cm³/mol. The second kappa shape index (κ2) is 7.35. The molecule has 0 fully saturated rings. The summed E-state index contributed by atoms with van der Waals surface area (Å²) in [5.41, 5.74) is 1.76. The molecule has 4 aromatic rings. The SMILES string of the molecule is Cn1nc(-c2cnc3[nH]cc(C(=O)NC(C)(C)CNC(=O)O)c3n2)c2ccc(F)cc21. The summed E-state index contributed by atoms with van der Waals surface area (Å²) in [6.45, 7) is 3.43. The zero-order valence-corrected chi connectivity index (χ0v) is 17.0. The highest BCUT2D eigenvalue weighted by Gasteiger charge is 2.25. The van der Waals surface area contributed by atoms with Gasteiger partial charge in [0, 0.05) is 25.2 Å². The van der Waals surface area contributed by atoms with E-state index in [0.717, 1.165) is 0 Å². The average Bonchev–Trinajstić information content (AvgIpc) is 3.27. The predicted octanol–water partition coefficient (Wildman–Crippen LogP) is 2.43. The van der Waals surface area contributed by atoms with Gasteiger partial charge in [-0.15, -0.1) is 0 Å². The van der Waals surface area contributed by atoms with Gasteiger partial charge in [-0.1, -0.05) is 0 Å². The highest BCUT2D eigenvalue weighted by atomic mass is 19.1. The van der Waals surface area contributed by atoms with Crippen LogP contribution in [0.4, 0.5) is 9.18 Å². The van der Waals surface area contributed by atoms with Crippen LogP contribution < -0.4 is 10.6 Å². The molecule has 0 aliphatic rings. The molecule has 2 amide bonds. The minimum Gasteiger partial charge on any atom is -0.465 e. The summed E-state index contributed by atoms with van der Waals surface area (Å²) in [7, 11) is 1.71. The number of aromatic nitrogens is 5. The molecule has 0 saturated heterocycles. The van der Waals surface area contributed by atoms with E-state index in [1.165, 1.54) is 24.5 Å². The van der Waals surface area contributed by atoms with E-state index in [4.69, 9.17) is 5.11 Å². The third-order valence-electron chi connectivity index (χ3n) is 4.82. The van der Waals surface area contributed by atoms with Crippen LogP contribution in [0.2, 0.25) is 0 Å². The lowest BCUT2D eigenvalue weighted by Gasteiger charge is -2.25. The highest BCUT2D eigenvalue weighted by Crippen LogP contribution is 2.28. The summed E-state index contributed by atoms with van der Waals surface area (Å²) >= 11 is 0. The number of rotatable bonds is 5. The highest BCUT2D eigenvalue weighted by molar-refractivity contribution is 6.05. The van der Waals surface area contributed by atoms with Crippen LogP contribution in [0.15, 0.2) is 30.6 Å². The molecule has 31 heavy (non-hydrogen) atoms. The van der Waals surface area contributed by atoms with Crippen molar-refractivity contribution in [3.8, 4) is 11.4 Å². The van der Waals surface area contributed by atoms with E-state index in [9.17, 15) is 14.0 Å². The van der Waals surface area contributed by atoms with Crippen LogP contribution in [0.1, 0.15) is 24.2 Å². The van der Waals surface area contributed by atoms with Crippen LogP contribution in [0.25, 0.3) is 33.5 Å². The number of carboxylic acid groups (broad SMARTS) is 1. The summed E-state index contributed by atoms with van der Waals surface area (Å²) in [5, 5.41) is 19.0. The van der Waals surface area contributed by atoms with Gasteiger partial charge in [0.05, 0.1) is 22.8 Å². The van der Waals surface area contributed by atoms with Crippen molar-refractivity contribution in [3.63, 3.8) is 0 Å². The van der Waals surface area contributed by atoms with Gasteiger partial charge in [0.2, 0.25) is 0 Å². The first-order valence-corrected chi connectivity index (χ1v) is 9.41. The number of benzene rings is 1. The van der Waals surface area contributed by atoms with Gasteiger partial charge in [0.1, 0.15) is 22.7 Å². The third kappa shape index (κ3) is 3.89. The molecule has 4 N–H and O–H groups in total. The lowest BCUT2D eigenvalue weighted by molar-refractivity contribution is 0.0912. The molecule has 0 spiro atoms. The lowest BCUT2D eigenvalue weighted by atomic mass is 10.1. The van der Waals surface area contributed by atoms with Crippen LogP contribution in [0.3, 0.4) is 0 Å². The molecule has 0 aliphatic heterocycles. The molecule has 11 heteroatoms. The normalized spacial score (nSPS) is 11.7. The van der Waals surface area contributed by atoms with Crippen molar-refractivity contribution >= 4 is 34.1 Å². The molecule has 3 heterocycles. The van der Waals surface area contributed by atoms with Gasteiger partial charge in [0.15, 0.2) is 5.65 Å². The third-order valence-corrected chi connectivity index (χ3v) is 4.82. The van der Waals surface area contributed by atoms with Crippen molar-refractivity contribution in [3.05, 3.63) is 42.0 Å². The van der Waals surface area contributed by atoms with E-state index in [-0.39, 0.29) is 17.9 Å². The molecule has 0 unspecified atom stereocenters. The quantitative estimate of drug-likeness (QED) is 0.387. The molecule has 0 radical (unpaired) electrons. The molecule has 3 aromatic heterocycles. The number of hydrogen-bond donors (Lipinski definition) is 4. The number of fused-ring (bicyclic) bond motifs is 2. The maximum Gasteiger partial charge on any atom is 0.404 e. The van der Waals surface area contributed by atoms with E-state index in [0.29, 0.717) is 33.5 Å². The molecule has 1 aromatic carbocycles. The molecule has 0 aliphatic carbocycles. The van der Waals surface area contributed by atoms with Crippen molar-refractivity contribution < 1.29 is 19.1 Å². The molecule has 4 rings (SSSR count). The first-order chi connectivity index (χ1) is 14.6. The van der Waals surface area contributed by atoms with Gasteiger partial charge < -0.3 is 20.7 Å². The van der Waals surface area contributed by atoms with Crippen molar-refractivity contribution in [2.45, 2.75) is 19.4 Å². The van der Waals surface area contributed by atoms with Gasteiger partial charge in [-0.2, -0.15) is 5.10 Å². The first kappa shape index (κ1) is 20.3. The summed E-state index contributed by atoms with van der Waals surface area (Å²) in [5.74, 6) is -0.795. The summed E-state index contributed by atoms with van der Waals surface area (Å²) < 4.78 is 15.2. The summed E-state index contributed by atoms with van der Waals surface area (Å²) in [6.07, 6.45) is 1.86. The number of carbonyl (C=O) groups is 2.